The number of hydrogen-bond donors (Lipinski definition) is 1. The van der Waals surface area contributed by atoms with Crippen molar-refractivity contribution in [3.05, 3.63) is 0 Å². The first-order valence-corrected chi connectivity index (χ1v) is 3.00. The summed E-state index contributed by atoms with van der Waals surface area (Å²) >= 11 is 0. The molecular formula is C6H11FN2. The first kappa shape index (κ1) is 8.38. The van der Waals surface area contributed by atoms with Crippen LogP contribution in [0.5, 0.6) is 0 Å². The van der Waals surface area contributed by atoms with Crippen LogP contribution in [0, 0.1) is 11.3 Å². The fraction of sp³-hybridized carbons (Fsp3) is 0.833. The Kier molecular flexibility index (Phi) is 5.14. The Morgan fingerprint density at radius 3 is 2.89 bits per heavy atom. The van der Waals surface area contributed by atoms with Gasteiger partial charge in [-0.25, -0.2) is 0 Å². The first-order chi connectivity index (χ1) is 4.31. The average molecular weight is 130 g/mol. The molecule has 9 heavy (non-hydrogen) atoms. The van der Waals surface area contributed by atoms with Gasteiger partial charge in [-0.2, -0.15) is 5.26 Å². The molecule has 0 bridgehead atoms. The lowest BCUT2D eigenvalue weighted by atomic mass is 10.3. The summed E-state index contributed by atoms with van der Waals surface area (Å²) in [5.41, 5.74) is 0. The topological polar surface area (TPSA) is 35.8 Å². The number of nitriles is 1. The predicted molar refractivity (Wildman–Crippen MR) is 33.7 cm³/mol. The zero-order chi connectivity index (χ0) is 7.11. The summed E-state index contributed by atoms with van der Waals surface area (Å²) in [5.74, 6) is 0. The lowest BCUT2D eigenvalue weighted by Crippen LogP contribution is -2.25. The zero-order valence-electron chi connectivity index (χ0n) is 5.52. The fourth-order valence-electron chi connectivity index (χ4n) is 0.431. The van der Waals surface area contributed by atoms with Crippen molar-refractivity contribution in [1.82, 2.24) is 5.32 Å². The fourth-order valence-corrected chi connectivity index (χ4v) is 0.431. The number of hydrogen-bond acceptors (Lipinski definition) is 2. The Morgan fingerprint density at radius 1 is 1.78 bits per heavy atom. The molecular weight excluding hydrogens is 119 g/mol. The van der Waals surface area contributed by atoms with Crippen molar-refractivity contribution in [1.29, 1.82) is 5.26 Å². The molecule has 52 valence electrons. The Morgan fingerprint density at radius 2 is 2.44 bits per heavy atom. The first-order valence-electron chi connectivity index (χ1n) is 3.00. The molecule has 0 amide bonds. The van der Waals surface area contributed by atoms with E-state index < -0.39 is 0 Å². The van der Waals surface area contributed by atoms with Crippen LogP contribution in [0.25, 0.3) is 0 Å². The number of alkyl halides is 1. The molecule has 0 aromatic carbocycles. The molecule has 0 radical (unpaired) electrons. The average Bonchev–Trinajstić information content (AvgIpc) is 1.89. The quantitative estimate of drug-likeness (QED) is 0.572. The molecule has 0 aromatic heterocycles. The molecule has 0 rings (SSSR count). The van der Waals surface area contributed by atoms with Gasteiger partial charge in [0.15, 0.2) is 0 Å². The van der Waals surface area contributed by atoms with Crippen LogP contribution in [0.1, 0.15) is 13.3 Å². The van der Waals surface area contributed by atoms with Crippen LogP contribution in [-0.4, -0.2) is 19.3 Å². The van der Waals surface area contributed by atoms with Crippen LogP contribution in [0.3, 0.4) is 0 Å². The summed E-state index contributed by atoms with van der Waals surface area (Å²) in [5, 5.41) is 11.1. The van der Waals surface area contributed by atoms with Gasteiger partial charge in [0.2, 0.25) is 0 Å². The molecule has 0 aliphatic carbocycles. The van der Waals surface area contributed by atoms with E-state index in [2.05, 4.69) is 5.32 Å². The monoisotopic (exact) mass is 130 g/mol. The second kappa shape index (κ2) is 5.52. The summed E-state index contributed by atoms with van der Waals surface area (Å²) in [4.78, 5) is 0. The van der Waals surface area contributed by atoms with Gasteiger partial charge >= 0.3 is 0 Å². The van der Waals surface area contributed by atoms with Crippen molar-refractivity contribution >= 4 is 0 Å². The third-order valence-electron chi connectivity index (χ3n) is 0.955. The van der Waals surface area contributed by atoms with Gasteiger partial charge in [-0.3, -0.25) is 4.39 Å². The number of nitrogens with one attached hydrogen (secondary N) is 1. The van der Waals surface area contributed by atoms with Crippen molar-refractivity contribution < 1.29 is 4.39 Å². The van der Waals surface area contributed by atoms with Crippen molar-refractivity contribution in [2.24, 2.45) is 0 Å². The Balaban J connectivity index is 2.99. The smallest absolute Gasteiger partial charge is 0.0924 e. The van der Waals surface area contributed by atoms with Gasteiger partial charge in [0.05, 0.1) is 18.8 Å². The van der Waals surface area contributed by atoms with Gasteiger partial charge in [0, 0.05) is 0 Å². The molecule has 1 unspecified atom stereocenters. The van der Waals surface area contributed by atoms with Crippen LogP contribution < -0.4 is 5.32 Å². The SMILES string of the molecule is CC(C#N)NCCCF. The summed E-state index contributed by atoms with van der Waals surface area (Å²) in [6.45, 7) is 2.02. The van der Waals surface area contributed by atoms with Crippen molar-refractivity contribution in [2.45, 2.75) is 19.4 Å². The third-order valence-corrected chi connectivity index (χ3v) is 0.955. The molecule has 0 aromatic rings. The molecule has 0 saturated heterocycles. The molecule has 0 fully saturated rings. The van der Waals surface area contributed by atoms with Gasteiger partial charge in [0.1, 0.15) is 0 Å². The van der Waals surface area contributed by atoms with E-state index in [1.54, 1.807) is 6.92 Å². The normalized spacial score (nSPS) is 12.6. The van der Waals surface area contributed by atoms with E-state index in [-0.39, 0.29) is 12.7 Å². The van der Waals surface area contributed by atoms with Crippen molar-refractivity contribution in [3.8, 4) is 6.07 Å². The molecule has 0 aliphatic rings. The maximum absolute atomic E-state index is 11.4. The highest BCUT2D eigenvalue weighted by molar-refractivity contribution is 4.84. The minimum absolute atomic E-state index is 0.156. The van der Waals surface area contributed by atoms with Crippen LogP contribution in [0.15, 0.2) is 0 Å². The van der Waals surface area contributed by atoms with Crippen LogP contribution in [0.2, 0.25) is 0 Å². The van der Waals surface area contributed by atoms with Crippen molar-refractivity contribution in [3.63, 3.8) is 0 Å². The van der Waals surface area contributed by atoms with E-state index in [0.717, 1.165) is 0 Å². The Hall–Kier alpha value is -0.620. The molecule has 3 heteroatoms. The van der Waals surface area contributed by atoms with Gasteiger partial charge in [-0.1, -0.05) is 0 Å². The summed E-state index contributed by atoms with van der Waals surface area (Å²) in [6, 6.07) is 1.83. The lowest BCUT2D eigenvalue weighted by Gasteiger charge is -2.01. The minimum atomic E-state index is -0.314. The van der Waals surface area contributed by atoms with Crippen LogP contribution in [0.4, 0.5) is 4.39 Å². The maximum Gasteiger partial charge on any atom is 0.0924 e. The van der Waals surface area contributed by atoms with Gasteiger partial charge in [-0.05, 0) is 19.9 Å². The molecule has 1 atom stereocenters. The Bertz CT molecular complexity index is 97.7. The van der Waals surface area contributed by atoms with E-state index in [9.17, 15) is 4.39 Å². The summed E-state index contributed by atoms with van der Waals surface area (Å²) < 4.78 is 11.4. The van der Waals surface area contributed by atoms with E-state index in [4.69, 9.17) is 5.26 Å². The number of rotatable bonds is 4. The third kappa shape index (κ3) is 5.25. The zero-order valence-corrected chi connectivity index (χ0v) is 5.52. The van der Waals surface area contributed by atoms with E-state index in [0.29, 0.717) is 13.0 Å². The molecule has 1 N–H and O–H groups in total. The van der Waals surface area contributed by atoms with Crippen molar-refractivity contribution in [2.75, 3.05) is 13.2 Å². The van der Waals surface area contributed by atoms with E-state index >= 15 is 0 Å². The minimum Gasteiger partial charge on any atom is -0.302 e. The van der Waals surface area contributed by atoms with Crippen LogP contribution >= 0.6 is 0 Å². The van der Waals surface area contributed by atoms with E-state index in [1.165, 1.54) is 0 Å². The van der Waals surface area contributed by atoms with Gasteiger partial charge < -0.3 is 5.32 Å². The molecule has 2 nitrogen and oxygen atoms in total. The second-order valence-corrected chi connectivity index (χ2v) is 1.85. The Labute approximate surface area is 54.7 Å². The highest BCUT2D eigenvalue weighted by Gasteiger charge is 1.94. The summed E-state index contributed by atoms with van der Waals surface area (Å²) in [6.07, 6.45) is 0.492. The molecule has 0 heterocycles. The van der Waals surface area contributed by atoms with E-state index in [1.807, 2.05) is 6.07 Å². The number of halogens is 1. The predicted octanol–water partition coefficient (Wildman–Crippen LogP) is 0.848. The summed E-state index contributed by atoms with van der Waals surface area (Å²) in [7, 11) is 0. The lowest BCUT2D eigenvalue weighted by molar-refractivity contribution is 0.455. The second-order valence-electron chi connectivity index (χ2n) is 1.85. The molecule has 0 aliphatic heterocycles. The molecule has 0 spiro atoms. The maximum atomic E-state index is 11.4. The van der Waals surface area contributed by atoms with Gasteiger partial charge in [-0.15, -0.1) is 0 Å². The highest BCUT2D eigenvalue weighted by atomic mass is 19.1. The highest BCUT2D eigenvalue weighted by Crippen LogP contribution is 1.80. The largest absolute Gasteiger partial charge is 0.302 e. The standard InChI is InChI=1S/C6H11FN2/c1-6(5-8)9-4-2-3-7/h6,9H,2-4H2,1H3. The van der Waals surface area contributed by atoms with Crippen LogP contribution in [-0.2, 0) is 0 Å². The molecule has 0 saturated carbocycles. The number of nitrogens with zero attached hydrogens (tertiary/aromatic N) is 1. The van der Waals surface area contributed by atoms with Gasteiger partial charge in [0.25, 0.3) is 0 Å².